The molecule has 0 unspecified atom stereocenters. The van der Waals surface area contributed by atoms with Crippen molar-refractivity contribution in [3.8, 4) is 0 Å². The number of nitro groups is 1. The summed E-state index contributed by atoms with van der Waals surface area (Å²) in [6.45, 7) is 0. The number of nitrogens with zero attached hydrogens (tertiary/aromatic N) is 1. The van der Waals surface area contributed by atoms with E-state index in [9.17, 15) is 10.1 Å². The third kappa shape index (κ3) is 2.06. The van der Waals surface area contributed by atoms with Crippen molar-refractivity contribution in [1.29, 1.82) is 0 Å². The standard InChI is InChI=1S/C12H13NO2/c14-13(15)12-9-5-4-8-11(12)10-6-2-1-3-7-10/h1-7,11-12H,8-9H2/t11-,12+/m1/s1. The highest BCUT2D eigenvalue weighted by molar-refractivity contribution is 5.23. The van der Waals surface area contributed by atoms with Gasteiger partial charge in [0.1, 0.15) is 0 Å². The van der Waals surface area contributed by atoms with Gasteiger partial charge < -0.3 is 0 Å². The van der Waals surface area contributed by atoms with Crippen LogP contribution in [0.2, 0.25) is 0 Å². The van der Waals surface area contributed by atoms with Gasteiger partial charge in [-0.2, -0.15) is 0 Å². The number of hydrogen-bond acceptors (Lipinski definition) is 2. The summed E-state index contributed by atoms with van der Waals surface area (Å²) in [7, 11) is 0. The van der Waals surface area contributed by atoms with Crippen LogP contribution in [0.25, 0.3) is 0 Å². The predicted molar refractivity (Wildman–Crippen MR) is 58.3 cm³/mol. The number of allylic oxidation sites excluding steroid dienone is 1. The molecular formula is C12H13NO2. The van der Waals surface area contributed by atoms with E-state index >= 15 is 0 Å². The minimum Gasteiger partial charge on any atom is -0.264 e. The topological polar surface area (TPSA) is 43.1 Å². The fourth-order valence-electron chi connectivity index (χ4n) is 2.09. The predicted octanol–water partition coefficient (Wildman–Crippen LogP) is 2.77. The summed E-state index contributed by atoms with van der Waals surface area (Å²) in [5.74, 6) is 0.0335. The number of hydrogen-bond donors (Lipinski definition) is 0. The van der Waals surface area contributed by atoms with Crippen LogP contribution in [0.4, 0.5) is 0 Å². The van der Waals surface area contributed by atoms with E-state index < -0.39 is 6.04 Å². The van der Waals surface area contributed by atoms with Gasteiger partial charge in [-0.3, -0.25) is 10.1 Å². The lowest BCUT2D eigenvalue weighted by Gasteiger charge is -2.22. The van der Waals surface area contributed by atoms with Crippen molar-refractivity contribution in [2.75, 3.05) is 0 Å². The monoisotopic (exact) mass is 203 g/mol. The van der Waals surface area contributed by atoms with Crippen molar-refractivity contribution in [2.24, 2.45) is 0 Å². The minimum atomic E-state index is -0.461. The van der Waals surface area contributed by atoms with Crippen molar-refractivity contribution >= 4 is 0 Å². The van der Waals surface area contributed by atoms with Gasteiger partial charge in [0.25, 0.3) is 0 Å². The van der Waals surface area contributed by atoms with Crippen LogP contribution in [0.15, 0.2) is 42.5 Å². The summed E-state index contributed by atoms with van der Waals surface area (Å²) in [6, 6.07) is 9.29. The van der Waals surface area contributed by atoms with Crippen molar-refractivity contribution in [3.05, 3.63) is 58.2 Å². The second kappa shape index (κ2) is 4.26. The molecule has 1 aliphatic rings. The van der Waals surface area contributed by atoms with Crippen molar-refractivity contribution in [2.45, 2.75) is 24.8 Å². The van der Waals surface area contributed by atoms with Gasteiger partial charge in [-0.05, 0) is 12.0 Å². The number of benzene rings is 1. The van der Waals surface area contributed by atoms with Crippen molar-refractivity contribution in [3.63, 3.8) is 0 Å². The maximum Gasteiger partial charge on any atom is 0.223 e. The second-order valence-electron chi connectivity index (χ2n) is 3.81. The molecular weight excluding hydrogens is 190 g/mol. The second-order valence-corrected chi connectivity index (χ2v) is 3.81. The van der Waals surface area contributed by atoms with E-state index in [1.54, 1.807) is 0 Å². The largest absolute Gasteiger partial charge is 0.264 e. The summed E-state index contributed by atoms with van der Waals surface area (Å²) in [4.78, 5) is 10.8. The molecule has 0 saturated heterocycles. The first-order chi connectivity index (χ1) is 7.29. The average molecular weight is 203 g/mol. The Bertz CT molecular complexity index is 372. The van der Waals surface area contributed by atoms with Crippen LogP contribution in [-0.2, 0) is 0 Å². The van der Waals surface area contributed by atoms with Crippen LogP contribution in [0.5, 0.6) is 0 Å². The third-order valence-electron chi connectivity index (χ3n) is 2.90. The van der Waals surface area contributed by atoms with Crippen LogP contribution >= 0.6 is 0 Å². The highest BCUT2D eigenvalue weighted by atomic mass is 16.6. The maximum absolute atomic E-state index is 10.9. The van der Waals surface area contributed by atoms with E-state index in [0.29, 0.717) is 6.42 Å². The molecule has 1 aromatic rings. The SMILES string of the molecule is O=[N+]([O-])[C@H]1CC=CC[C@@H]1c1ccccc1. The first-order valence-electron chi connectivity index (χ1n) is 5.12. The Kier molecular flexibility index (Phi) is 2.81. The van der Waals surface area contributed by atoms with Crippen LogP contribution < -0.4 is 0 Å². The molecule has 0 saturated carbocycles. The zero-order chi connectivity index (χ0) is 10.7. The Balaban J connectivity index is 2.27. The first-order valence-corrected chi connectivity index (χ1v) is 5.12. The molecule has 1 aromatic carbocycles. The van der Waals surface area contributed by atoms with Gasteiger partial charge in [-0.1, -0.05) is 42.5 Å². The summed E-state index contributed by atoms with van der Waals surface area (Å²) in [5.41, 5.74) is 1.07. The Morgan fingerprint density at radius 2 is 1.80 bits per heavy atom. The molecule has 0 heterocycles. The molecule has 15 heavy (non-hydrogen) atoms. The molecule has 78 valence electrons. The van der Waals surface area contributed by atoms with E-state index in [1.165, 1.54) is 0 Å². The molecule has 0 spiro atoms. The summed E-state index contributed by atoms with van der Waals surface area (Å²) < 4.78 is 0. The summed E-state index contributed by atoms with van der Waals surface area (Å²) >= 11 is 0. The molecule has 0 radical (unpaired) electrons. The Morgan fingerprint density at radius 1 is 1.13 bits per heavy atom. The smallest absolute Gasteiger partial charge is 0.223 e. The summed E-state index contributed by atoms with van der Waals surface area (Å²) in [5, 5.41) is 10.9. The van der Waals surface area contributed by atoms with Crippen molar-refractivity contribution in [1.82, 2.24) is 0 Å². The zero-order valence-corrected chi connectivity index (χ0v) is 8.37. The quantitative estimate of drug-likeness (QED) is 0.421. The molecule has 0 aliphatic heterocycles. The Morgan fingerprint density at radius 3 is 2.47 bits per heavy atom. The van der Waals surface area contributed by atoms with E-state index in [0.717, 1.165) is 12.0 Å². The molecule has 3 heteroatoms. The molecule has 0 amide bonds. The van der Waals surface area contributed by atoms with Crippen LogP contribution in [0, 0.1) is 10.1 Å². The zero-order valence-electron chi connectivity index (χ0n) is 8.37. The van der Waals surface area contributed by atoms with Gasteiger partial charge in [0.2, 0.25) is 6.04 Å². The lowest BCUT2D eigenvalue weighted by atomic mass is 9.84. The highest BCUT2D eigenvalue weighted by Crippen LogP contribution is 2.30. The molecule has 0 bridgehead atoms. The Hall–Kier alpha value is -1.64. The molecule has 0 N–H and O–H groups in total. The molecule has 2 rings (SSSR count). The Labute approximate surface area is 88.6 Å². The van der Waals surface area contributed by atoms with Crippen molar-refractivity contribution < 1.29 is 4.92 Å². The number of rotatable bonds is 2. The van der Waals surface area contributed by atoms with Crippen LogP contribution in [0.3, 0.4) is 0 Å². The lowest BCUT2D eigenvalue weighted by molar-refractivity contribution is -0.526. The van der Waals surface area contributed by atoms with E-state index in [1.807, 2.05) is 42.5 Å². The van der Waals surface area contributed by atoms with E-state index in [-0.39, 0.29) is 10.8 Å². The third-order valence-corrected chi connectivity index (χ3v) is 2.90. The molecule has 1 aliphatic carbocycles. The molecule has 2 atom stereocenters. The van der Waals surface area contributed by atoms with Gasteiger partial charge in [-0.15, -0.1) is 0 Å². The summed E-state index contributed by atoms with van der Waals surface area (Å²) in [6.07, 6.45) is 5.27. The fourth-order valence-corrected chi connectivity index (χ4v) is 2.09. The fraction of sp³-hybridized carbons (Fsp3) is 0.333. The van der Waals surface area contributed by atoms with Gasteiger partial charge >= 0.3 is 0 Å². The maximum atomic E-state index is 10.9. The molecule has 0 aromatic heterocycles. The molecule has 3 nitrogen and oxygen atoms in total. The molecule has 0 fully saturated rings. The van der Waals surface area contributed by atoms with E-state index in [2.05, 4.69) is 0 Å². The van der Waals surface area contributed by atoms with Gasteiger partial charge in [-0.25, -0.2) is 0 Å². The van der Waals surface area contributed by atoms with E-state index in [4.69, 9.17) is 0 Å². The minimum absolute atomic E-state index is 0.0335. The first kappa shape index (κ1) is 9.90. The van der Waals surface area contributed by atoms with Gasteiger partial charge in [0.05, 0.1) is 5.92 Å². The average Bonchev–Trinajstić information content (AvgIpc) is 2.30. The normalized spacial score (nSPS) is 25.1. The van der Waals surface area contributed by atoms with Crippen LogP contribution in [-0.4, -0.2) is 11.0 Å². The van der Waals surface area contributed by atoms with Gasteiger partial charge in [0, 0.05) is 11.3 Å². The van der Waals surface area contributed by atoms with Gasteiger partial charge in [0.15, 0.2) is 0 Å². The van der Waals surface area contributed by atoms with Crippen LogP contribution in [0.1, 0.15) is 24.3 Å². The lowest BCUT2D eigenvalue weighted by Crippen LogP contribution is -2.28. The highest BCUT2D eigenvalue weighted by Gasteiger charge is 2.32.